The quantitative estimate of drug-likeness (QED) is 0.645. The fraction of sp³-hybridized carbons (Fsp3) is 0.556. The molecule has 1 aliphatic heterocycles. The molecule has 2 rings (SSSR count). The minimum Gasteiger partial charge on any atom is -0.391 e. The lowest BCUT2D eigenvalue weighted by Crippen LogP contribution is -2.23. The van der Waals surface area contributed by atoms with E-state index in [-0.39, 0.29) is 12.1 Å². The molecule has 4 nitrogen and oxygen atoms in total. The Hall–Kier alpha value is -1.00. The number of aromatic nitrogens is 2. The highest BCUT2D eigenvalue weighted by Gasteiger charge is 2.28. The van der Waals surface area contributed by atoms with Crippen LogP contribution in [0.15, 0.2) is 12.4 Å². The Morgan fingerprint density at radius 3 is 2.85 bits per heavy atom. The van der Waals surface area contributed by atoms with Gasteiger partial charge in [0.05, 0.1) is 23.5 Å². The number of hydrogen-bond donors (Lipinski definition) is 2. The fourth-order valence-electron chi connectivity index (χ4n) is 1.69. The Kier molecular flexibility index (Phi) is 2.24. The van der Waals surface area contributed by atoms with Gasteiger partial charge in [0.15, 0.2) is 0 Å². The van der Waals surface area contributed by atoms with Crippen LogP contribution in [0.1, 0.15) is 23.9 Å². The molecule has 1 aromatic rings. The molecular weight excluding hydrogens is 166 g/mol. The first-order valence-corrected chi connectivity index (χ1v) is 4.48. The first-order chi connectivity index (χ1) is 6.29. The molecule has 0 aliphatic carbocycles. The van der Waals surface area contributed by atoms with Crippen LogP contribution in [0.3, 0.4) is 0 Å². The molecule has 0 aromatic carbocycles. The van der Waals surface area contributed by atoms with E-state index in [2.05, 4.69) is 15.3 Å². The molecule has 4 heteroatoms. The second kappa shape index (κ2) is 3.40. The number of nitrogens with zero attached hydrogens (tertiary/aromatic N) is 2. The highest BCUT2D eigenvalue weighted by Crippen LogP contribution is 2.22. The van der Waals surface area contributed by atoms with Crippen LogP contribution in [0, 0.1) is 6.92 Å². The van der Waals surface area contributed by atoms with Gasteiger partial charge in [-0.05, 0) is 19.9 Å². The molecule has 0 radical (unpaired) electrons. The Bertz CT molecular complexity index is 303. The summed E-state index contributed by atoms with van der Waals surface area (Å²) in [5.41, 5.74) is 1.76. The third-order valence-corrected chi connectivity index (χ3v) is 2.40. The van der Waals surface area contributed by atoms with Gasteiger partial charge in [-0.1, -0.05) is 0 Å². The van der Waals surface area contributed by atoms with Gasteiger partial charge in [-0.2, -0.15) is 0 Å². The molecule has 2 heterocycles. The predicted octanol–water partition coefficient (Wildman–Crippen LogP) is 0.180. The van der Waals surface area contributed by atoms with Crippen LogP contribution >= 0.6 is 0 Å². The molecule has 2 atom stereocenters. The summed E-state index contributed by atoms with van der Waals surface area (Å²) in [6.45, 7) is 2.76. The van der Waals surface area contributed by atoms with Crippen LogP contribution in [-0.2, 0) is 0 Å². The van der Waals surface area contributed by atoms with Gasteiger partial charge in [0.2, 0.25) is 0 Å². The molecule has 0 amide bonds. The molecule has 2 unspecified atom stereocenters. The normalized spacial score (nSPS) is 27.8. The van der Waals surface area contributed by atoms with Crippen LogP contribution in [0.5, 0.6) is 0 Å². The highest BCUT2D eigenvalue weighted by molar-refractivity contribution is 5.16. The van der Waals surface area contributed by atoms with Crippen molar-refractivity contribution in [2.45, 2.75) is 25.5 Å². The van der Waals surface area contributed by atoms with Gasteiger partial charge in [-0.3, -0.25) is 9.97 Å². The van der Waals surface area contributed by atoms with Gasteiger partial charge in [0.25, 0.3) is 0 Å². The maximum absolute atomic E-state index is 9.64. The van der Waals surface area contributed by atoms with E-state index in [1.165, 1.54) is 0 Å². The van der Waals surface area contributed by atoms with Gasteiger partial charge in [0.1, 0.15) is 0 Å². The zero-order chi connectivity index (χ0) is 9.26. The molecule has 1 saturated heterocycles. The number of aliphatic hydroxyl groups excluding tert-OH is 1. The number of aliphatic hydroxyl groups is 1. The average molecular weight is 179 g/mol. The third-order valence-electron chi connectivity index (χ3n) is 2.40. The van der Waals surface area contributed by atoms with Crippen LogP contribution in [0.4, 0.5) is 0 Å². The summed E-state index contributed by atoms with van der Waals surface area (Å²) >= 11 is 0. The molecule has 0 spiro atoms. The van der Waals surface area contributed by atoms with E-state index in [0.29, 0.717) is 0 Å². The molecule has 2 N–H and O–H groups in total. The van der Waals surface area contributed by atoms with Crippen molar-refractivity contribution in [3.63, 3.8) is 0 Å². The topological polar surface area (TPSA) is 58.0 Å². The second-order valence-electron chi connectivity index (χ2n) is 3.31. The van der Waals surface area contributed by atoms with Crippen molar-refractivity contribution in [3.05, 3.63) is 23.8 Å². The maximum atomic E-state index is 9.64. The monoisotopic (exact) mass is 179 g/mol. The van der Waals surface area contributed by atoms with Crippen molar-refractivity contribution in [1.82, 2.24) is 15.3 Å². The lowest BCUT2D eigenvalue weighted by molar-refractivity contribution is 0.158. The van der Waals surface area contributed by atoms with Gasteiger partial charge in [-0.25, -0.2) is 0 Å². The Balaban J connectivity index is 2.29. The van der Waals surface area contributed by atoms with E-state index in [4.69, 9.17) is 0 Å². The van der Waals surface area contributed by atoms with E-state index in [9.17, 15) is 5.11 Å². The third kappa shape index (κ3) is 1.55. The van der Waals surface area contributed by atoms with Crippen LogP contribution < -0.4 is 5.32 Å². The minimum atomic E-state index is -0.324. The standard InChI is InChI=1S/C9H13N3O/c1-6-8(12-5-4-10-6)9-7(13)2-3-11-9/h4-5,7,9,11,13H,2-3H2,1H3. The summed E-state index contributed by atoms with van der Waals surface area (Å²) in [4.78, 5) is 8.37. The minimum absolute atomic E-state index is 0.0336. The van der Waals surface area contributed by atoms with Crippen molar-refractivity contribution in [2.24, 2.45) is 0 Å². The number of aryl methyl sites for hydroxylation is 1. The Morgan fingerprint density at radius 2 is 2.23 bits per heavy atom. The van der Waals surface area contributed by atoms with Gasteiger partial charge in [0, 0.05) is 12.4 Å². The van der Waals surface area contributed by atoms with Crippen molar-refractivity contribution < 1.29 is 5.11 Å². The van der Waals surface area contributed by atoms with Crippen molar-refractivity contribution in [1.29, 1.82) is 0 Å². The number of hydrogen-bond acceptors (Lipinski definition) is 4. The molecule has 13 heavy (non-hydrogen) atoms. The van der Waals surface area contributed by atoms with Gasteiger partial charge in [-0.15, -0.1) is 0 Å². The smallest absolute Gasteiger partial charge is 0.0811 e. The first kappa shape index (κ1) is 8.59. The van der Waals surface area contributed by atoms with Crippen molar-refractivity contribution >= 4 is 0 Å². The zero-order valence-corrected chi connectivity index (χ0v) is 7.57. The molecular formula is C9H13N3O. The Labute approximate surface area is 77.0 Å². The zero-order valence-electron chi connectivity index (χ0n) is 7.57. The highest BCUT2D eigenvalue weighted by atomic mass is 16.3. The molecule has 1 fully saturated rings. The van der Waals surface area contributed by atoms with E-state index < -0.39 is 0 Å². The predicted molar refractivity (Wildman–Crippen MR) is 48.1 cm³/mol. The van der Waals surface area contributed by atoms with E-state index in [1.54, 1.807) is 12.4 Å². The molecule has 70 valence electrons. The van der Waals surface area contributed by atoms with Crippen LogP contribution in [0.25, 0.3) is 0 Å². The molecule has 1 aromatic heterocycles. The van der Waals surface area contributed by atoms with Crippen LogP contribution in [-0.4, -0.2) is 27.7 Å². The van der Waals surface area contributed by atoms with Crippen LogP contribution in [0.2, 0.25) is 0 Å². The molecule has 0 saturated carbocycles. The summed E-state index contributed by atoms with van der Waals surface area (Å²) in [5.74, 6) is 0. The summed E-state index contributed by atoms with van der Waals surface area (Å²) in [5, 5.41) is 12.8. The van der Waals surface area contributed by atoms with Crippen molar-refractivity contribution in [3.8, 4) is 0 Å². The summed E-state index contributed by atoms with van der Waals surface area (Å²) in [6, 6.07) is -0.0336. The van der Waals surface area contributed by atoms with Gasteiger partial charge < -0.3 is 10.4 Å². The first-order valence-electron chi connectivity index (χ1n) is 4.48. The lowest BCUT2D eigenvalue weighted by Gasteiger charge is -2.15. The Morgan fingerprint density at radius 1 is 1.46 bits per heavy atom. The second-order valence-corrected chi connectivity index (χ2v) is 3.31. The summed E-state index contributed by atoms with van der Waals surface area (Å²) in [6.07, 6.45) is 3.80. The van der Waals surface area contributed by atoms with Gasteiger partial charge >= 0.3 is 0 Å². The molecule has 0 bridgehead atoms. The largest absolute Gasteiger partial charge is 0.391 e. The SMILES string of the molecule is Cc1nccnc1C1NCCC1O. The van der Waals surface area contributed by atoms with E-state index >= 15 is 0 Å². The van der Waals surface area contributed by atoms with E-state index in [1.807, 2.05) is 6.92 Å². The number of nitrogens with one attached hydrogen (secondary N) is 1. The van der Waals surface area contributed by atoms with Crippen molar-refractivity contribution in [2.75, 3.05) is 6.54 Å². The molecule has 1 aliphatic rings. The summed E-state index contributed by atoms with van der Waals surface area (Å²) < 4.78 is 0. The fourth-order valence-corrected chi connectivity index (χ4v) is 1.69. The number of rotatable bonds is 1. The van der Waals surface area contributed by atoms with E-state index in [0.717, 1.165) is 24.4 Å². The summed E-state index contributed by atoms with van der Waals surface area (Å²) in [7, 11) is 0. The average Bonchev–Trinajstić information content (AvgIpc) is 2.52. The maximum Gasteiger partial charge on any atom is 0.0811 e. The lowest BCUT2D eigenvalue weighted by atomic mass is 10.1.